The van der Waals surface area contributed by atoms with Crippen molar-refractivity contribution in [3.05, 3.63) is 62.8 Å². The monoisotopic (exact) mass is 406 g/mol. The van der Waals surface area contributed by atoms with Gasteiger partial charge in [0.1, 0.15) is 10.6 Å². The van der Waals surface area contributed by atoms with E-state index in [0.29, 0.717) is 34.2 Å². The van der Waals surface area contributed by atoms with Gasteiger partial charge in [0.25, 0.3) is 5.56 Å². The number of rotatable bonds is 3. The summed E-state index contributed by atoms with van der Waals surface area (Å²) in [7, 11) is 0. The molecule has 3 heterocycles. The molecule has 5 rings (SSSR count). The highest BCUT2D eigenvalue weighted by Crippen LogP contribution is 2.36. The van der Waals surface area contributed by atoms with E-state index >= 15 is 0 Å². The Balaban J connectivity index is 1.56. The summed E-state index contributed by atoms with van der Waals surface area (Å²) in [5.41, 5.74) is 1.85. The highest BCUT2D eigenvalue weighted by Gasteiger charge is 2.23. The fraction of sp³-hybridized carbons (Fsp3) is 0.227. The molecule has 2 N–H and O–H groups in total. The number of nitrogens with zero attached hydrogens (tertiary/aromatic N) is 1. The van der Waals surface area contributed by atoms with Crippen LogP contribution < -0.4 is 5.56 Å². The van der Waals surface area contributed by atoms with Crippen molar-refractivity contribution in [3.63, 3.8) is 0 Å². The van der Waals surface area contributed by atoms with Crippen molar-refractivity contribution in [1.29, 1.82) is 0 Å². The second kappa shape index (κ2) is 6.70. The smallest absolute Gasteiger partial charge is 0.335 e. The van der Waals surface area contributed by atoms with E-state index in [4.69, 9.17) is 4.42 Å². The molecule has 1 aromatic carbocycles. The lowest BCUT2D eigenvalue weighted by molar-refractivity contribution is 0.0697. The van der Waals surface area contributed by atoms with Crippen LogP contribution in [-0.2, 0) is 12.8 Å². The molecule has 6 nitrogen and oxygen atoms in total. The fourth-order valence-corrected chi connectivity index (χ4v) is 5.27. The van der Waals surface area contributed by atoms with Gasteiger partial charge in [-0.05, 0) is 55.0 Å². The normalized spacial score (nSPS) is 16.1. The molecule has 0 aliphatic heterocycles. The number of nitrogens with one attached hydrogen (secondary N) is 1. The number of furan rings is 1. The predicted octanol–water partition coefficient (Wildman–Crippen LogP) is 4.73. The molecule has 0 spiro atoms. The van der Waals surface area contributed by atoms with Gasteiger partial charge < -0.3 is 14.5 Å². The largest absolute Gasteiger partial charge is 0.478 e. The maximum absolute atomic E-state index is 12.8. The van der Waals surface area contributed by atoms with Crippen LogP contribution in [0.15, 0.2) is 45.6 Å². The predicted molar refractivity (Wildman–Crippen MR) is 112 cm³/mol. The first kappa shape index (κ1) is 17.9. The highest BCUT2D eigenvalue weighted by atomic mass is 32.1. The molecule has 146 valence electrons. The number of fused-ring (bicyclic) bond motifs is 3. The lowest BCUT2D eigenvalue weighted by Gasteiger charge is -2.17. The summed E-state index contributed by atoms with van der Waals surface area (Å²) in [6, 6.07) is 10.0. The minimum atomic E-state index is -0.994. The molecule has 0 radical (unpaired) electrons. The second-order valence-electron chi connectivity index (χ2n) is 7.50. The van der Waals surface area contributed by atoms with Crippen molar-refractivity contribution in [2.75, 3.05) is 0 Å². The van der Waals surface area contributed by atoms with Crippen molar-refractivity contribution in [1.82, 2.24) is 9.97 Å². The third kappa shape index (κ3) is 3.07. The summed E-state index contributed by atoms with van der Waals surface area (Å²) >= 11 is 1.60. The Labute approximate surface area is 169 Å². The zero-order chi connectivity index (χ0) is 20.1. The second-order valence-corrected chi connectivity index (χ2v) is 8.58. The minimum absolute atomic E-state index is 0.136. The van der Waals surface area contributed by atoms with E-state index in [1.807, 2.05) is 0 Å². The van der Waals surface area contributed by atoms with Gasteiger partial charge in [0.15, 0.2) is 11.6 Å². The summed E-state index contributed by atoms with van der Waals surface area (Å²) in [6.45, 7) is 2.24. The van der Waals surface area contributed by atoms with E-state index in [1.165, 1.54) is 10.9 Å². The van der Waals surface area contributed by atoms with Crippen LogP contribution in [0.5, 0.6) is 0 Å². The van der Waals surface area contributed by atoms with Crippen molar-refractivity contribution in [3.8, 4) is 22.9 Å². The highest BCUT2D eigenvalue weighted by molar-refractivity contribution is 7.18. The summed E-state index contributed by atoms with van der Waals surface area (Å²) < 4.78 is 5.89. The molecule has 29 heavy (non-hydrogen) atoms. The number of hydrogen-bond donors (Lipinski definition) is 2. The van der Waals surface area contributed by atoms with E-state index in [0.717, 1.165) is 29.7 Å². The molecule has 0 saturated heterocycles. The summed E-state index contributed by atoms with van der Waals surface area (Å²) in [5, 5.41) is 9.89. The van der Waals surface area contributed by atoms with Crippen LogP contribution in [0.3, 0.4) is 0 Å². The lowest BCUT2D eigenvalue weighted by Crippen LogP contribution is -2.13. The number of aromatic carboxylic acids is 1. The Morgan fingerprint density at radius 1 is 1.28 bits per heavy atom. The van der Waals surface area contributed by atoms with E-state index < -0.39 is 5.97 Å². The number of benzene rings is 1. The summed E-state index contributed by atoms with van der Waals surface area (Å²) in [4.78, 5) is 33.5. The van der Waals surface area contributed by atoms with Crippen LogP contribution in [0, 0.1) is 5.92 Å². The quantitative estimate of drug-likeness (QED) is 0.512. The van der Waals surface area contributed by atoms with Crippen LogP contribution in [0.25, 0.3) is 33.1 Å². The minimum Gasteiger partial charge on any atom is -0.478 e. The van der Waals surface area contributed by atoms with Gasteiger partial charge in [-0.3, -0.25) is 4.79 Å². The molecule has 3 aromatic heterocycles. The number of thiophene rings is 1. The van der Waals surface area contributed by atoms with E-state index in [2.05, 4.69) is 16.9 Å². The van der Waals surface area contributed by atoms with Gasteiger partial charge in [0.2, 0.25) is 0 Å². The van der Waals surface area contributed by atoms with Crippen LogP contribution in [0.1, 0.15) is 34.1 Å². The Morgan fingerprint density at radius 2 is 2.10 bits per heavy atom. The van der Waals surface area contributed by atoms with E-state index in [9.17, 15) is 14.7 Å². The van der Waals surface area contributed by atoms with Crippen molar-refractivity contribution < 1.29 is 14.3 Å². The molecular weight excluding hydrogens is 388 g/mol. The SMILES string of the molecule is C[C@@H]1CCc2c(sc3nc(-c4ccc(-c5cccc(C(=O)O)c5)o4)[nH]c(=O)c23)C1. The van der Waals surface area contributed by atoms with Gasteiger partial charge >= 0.3 is 5.97 Å². The van der Waals surface area contributed by atoms with Crippen molar-refractivity contribution >= 4 is 27.5 Å². The third-order valence-corrected chi connectivity index (χ3v) is 6.55. The van der Waals surface area contributed by atoms with Gasteiger partial charge in [-0.1, -0.05) is 19.1 Å². The van der Waals surface area contributed by atoms with Gasteiger partial charge in [-0.25, -0.2) is 9.78 Å². The molecule has 0 saturated carbocycles. The number of H-pyrrole nitrogens is 1. The topological polar surface area (TPSA) is 96.2 Å². The standard InChI is InChI=1S/C22H18N2O4S/c1-11-5-6-14-17(9-11)29-21-18(14)20(25)23-19(24-21)16-8-7-15(28-16)12-3-2-4-13(10-12)22(26)27/h2-4,7-8,10-11H,5-6,9H2,1H3,(H,26,27)(H,23,24,25)/t11-/m1/s1. The number of aryl methyl sites for hydroxylation is 1. The first-order valence-electron chi connectivity index (χ1n) is 9.48. The van der Waals surface area contributed by atoms with E-state index in [1.54, 1.807) is 41.7 Å². The molecule has 1 aliphatic carbocycles. The van der Waals surface area contributed by atoms with Gasteiger partial charge in [0, 0.05) is 10.4 Å². The van der Waals surface area contributed by atoms with Crippen LogP contribution >= 0.6 is 11.3 Å². The third-order valence-electron chi connectivity index (χ3n) is 5.40. The number of carboxylic acids is 1. The average molecular weight is 406 g/mol. The number of aromatic nitrogens is 2. The molecule has 7 heteroatoms. The maximum Gasteiger partial charge on any atom is 0.335 e. The molecule has 1 atom stereocenters. The zero-order valence-corrected chi connectivity index (χ0v) is 16.5. The zero-order valence-electron chi connectivity index (χ0n) is 15.7. The van der Waals surface area contributed by atoms with Crippen LogP contribution in [0.4, 0.5) is 0 Å². The van der Waals surface area contributed by atoms with Gasteiger partial charge in [0.05, 0.1) is 10.9 Å². The van der Waals surface area contributed by atoms with Gasteiger partial charge in [-0.2, -0.15) is 0 Å². The Bertz CT molecular complexity index is 1310. The average Bonchev–Trinajstić information content (AvgIpc) is 3.32. The Hall–Kier alpha value is -3.19. The fourth-order valence-electron chi connectivity index (χ4n) is 3.89. The van der Waals surface area contributed by atoms with Crippen LogP contribution in [0.2, 0.25) is 0 Å². The van der Waals surface area contributed by atoms with Gasteiger partial charge in [-0.15, -0.1) is 11.3 Å². The Kier molecular flexibility index (Phi) is 4.13. The first-order valence-corrected chi connectivity index (χ1v) is 10.3. The summed E-state index contributed by atoms with van der Waals surface area (Å²) in [6.07, 6.45) is 3.01. The van der Waals surface area contributed by atoms with Crippen molar-refractivity contribution in [2.24, 2.45) is 5.92 Å². The Morgan fingerprint density at radius 3 is 2.93 bits per heavy atom. The summed E-state index contributed by atoms with van der Waals surface area (Å²) in [5.74, 6) is 0.980. The number of aromatic amines is 1. The molecule has 0 fully saturated rings. The van der Waals surface area contributed by atoms with Crippen molar-refractivity contribution in [2.45, 2.75) is 26.2 Å². The maximum atomic E-state index is 12.8. The molecule has 0 unspecified atom stereocenters. The molecule has 4 aromatic rings. The number of carboxylic acid groups (broad SMARTS) is 1. The number of hydrogen-bond acceptors (Lipinski definition) is 5. The van der Waals surface area contributed by atoms with Crippen LogP contribution in [-0.4, -0.2) is 21.0 Å². The first-order chi connectivity index (χ1) is 14.0. The molecular formula is C22H18N2O4S. The molecule has 0 amide bonds. The number of carbonyl (C=O) groups is 1. The molecule has 1 aliphatic rings. The van der Waals surface area contributed by atoms with E-state index in [-0.39, 0.29) is 11.1 Å². The molecule has 0 bridgehead atoms. The lowest BCUT2D eigenvalue weighted by atomic mass is 9.89.